The summed E-state index contributed by atoms with van der Waals surface area (Å²) >= 11 is 1.19. The lowest BCUT2D eigenvalue weighted by Crippen LogP contribution is -2.33. The van der Waals surface area contributed by atoms with Crippen molar-refractivity contribution in [3.8, 4) is 17.5 Å². The highest BCUT2D eigenvalue weighted by molar-refractivity contribution is 7.99. The molecule has 1 heterocycles. The second kappa shape index (κ2) is 11.2. The van der Waals surface area contributed by atoms with E-state index in [0.29, 0.717) is 17.7 Å². The van der Waals surface area contributed by atoms with Gasteiger partial charge in [0, 0.05) is 36.6 Å². The van der Waals surface area contributed by atoms with E-state index in [1.54, 1.807) is 4.90 Å². The van der Waals surface area contributed by atoms with Crippen LogP contribution in [0.15, 0.2) is 64.2 Å². The van der Waals surface area contributed by atoms with Gasteiger partial charge in [-0.1, -0.05) is 30.0 Å². The van der Waals surface area contributed by atoms with Crippen LogP contribution in [-0.2, 0) is 4.79 Å². The lowest BCUT2D eigenvalue weighted by Gasteiger charge is -2.21. The Morgan fingerprint density at radius 3 is 2.39 bits per heavy atom. The number of benzene rings is 2. The second-order valence-electron chi connectivity index (χ2n) is 6.67. The molecule has 1 aromatic heterocycles. The summed E-state index contributed by atoms with van der Waals surface area (Å²) in [6.45, 7) is 6.48. The van der Waals surface area contributed by atoms with Crippen molar-refractivity contribution < 1.29 is 9.21 Å². The van der Waals surface area contributed by atoms with E-state index in [1.807, 2.05) is 54.6 Å². The Bertz CT molecular complexity index is 1010. The third kappa shape index (κ3) is 5.86. The van der Waals surface area contributed by atoms with Crippen LogP contribution in [0.4, 0.5) is 11.4 Å². The molecule has 31 heavy (non-hydrogen) atoms. The van der Waals surface area contributed by atoms with Crippen molar-refractivity contribution in [3.05, 3.63) is 54.6 Å². The van der Waals surface area contributed by atoms with Gasteiger partial charge < -0.3 is 14.2 Å². The molecule has 0 aliphatic carbocycles. The number of amides is 1. The molecular formula is C23H25N5O2S. The van der Waals surface area contributed by atoms with Crippen molar-refractivity contribution in [2.45, 2.75) is 25.5 Å². The normalized spacial score (nSPS) is 10.5. The first-order chi connectivity index (χ1) is 15.2. The van der Waals surface area contributed by atoms with Gasteiger partial charge in [0.1, 0.15) is 0 Å². The van der Waals surface area contributed by atoms with Crippen LogP contribution in [0.1, 0.15) is 20.3 Å². The molecule has 7 nitrogen and oxygen atoms in total. The molecule has 8 heteroatoms. The summed E-state index contributed by atoms with van der Waals surface area (Å²) < 4.78 is 5.74. The molecule has 0 bridgehead atoms. The Labute approximate surface area is 186 Å². The third-order valence-electron chi connectivity index (χ3n) is 4.78. The van der Waals surface area contributed by atoms with Crippen LogP contribution in [0.3, 0.4) is 0 Å². The van der Waals surface area contributed by atoms with Gasteiger partial charge in [-0.2, -0.15) is 5.26 Å². The van der Waals surface area contributed by atoms with Gasteiger partial charge in [0.05, 0.1) is 18.2 Å². The smallest absolute Gasteiger partial charge is 0.277 e. The minimum Gasteiger partial charge on any atom is -0.411 e. The lowest BCUT2D eigenvalue weighted by molar-refractivity contribution is -0.116. The zero-order chi connectivity index (χ0) is 22.1. The third-order valence-corrected chi connectivity index (χ3v) is 5.59. The zero-order valence-electron chi connectivity index (χ0n) is 17.7. The molecule has 0 aliphatic heterocycles. The summed E-state index contributed by atoms with van der Waals surface area (Å²) in [4.78, 5) is 16.6. The molecule has 0 spiro atoms. The summed E-state index contributed by atoms with van der Waals surface area (Å²) in [5.74, 6) is 0.447. The minimum absolute atomic E-state index is 0.116. The predicted octanol–water partition coefficient (Wildman–Crippen LogP) is 4.62. The van der Waals surface area contributed by atoms with Crippen LogP contribution in [0, 0.1) is 11.3 Å². The Balaban J connectivity index is 1.64. The topological polar surface area (TPSA) is 86.3 Å². The summed E-state index contributed by atoms with van der Waals surface area (Å²) in [5.41, 5.74) is 2.75. The van der Waals surface area contributed by atoms with Crippen molar-refractivity contribution in [2.75, 3.05) is 35.2 Å². The number of nitriles is 1. The number of hydrogen-bond donors (Lipinski definition) is 0. The van der Waals surface area contributed by atoms with Crippen LogP contribution < -0.4 is 9.80 Å². The molecule has 1 amide bonds. The van der Waals surface area contributed by atoms with E-state index in [-0.39, 0.29) is 18.1 Å². The quantitative estimate of drug-likeness (QED) is 0.429. The largest absolute Gasteiger partial charge is 0.411 e. The molecule has 160 valence electrons. The first-order valence-corrected chi connectivity index (χ1v) is 11.2. The van der Waals surface area contributed by atoms with Gasteiger partial charge in [0.2, 0.25) is 11.8 Å². The van der Waals surface area contributed by atoms with Crippen molar-refractivity contribution >= 4 is 29.0 Å². The van der Waals surface area contributed by atoms with Crippen LogP contribution >= 0.6 is 11.8 Å². The molecule has 0 aliphatic rings. The number of thioether (sulfide) groups is 1. The standard InChI is InChI=1S/C23H25N5O2S/c1-3-27(4-2)19-13-11-18(12-14-19)22-25-26-23(30-22)31-17-21(29)28(16-8-15-24)20-9-6-5-7-10-20/h5-7,9-14H,3-4,8,16-17H2,1-2H3. The Hall–Kier alpha value is -3.31. The van der Waals surface area contributed by atoms with Crippen LogP contribution in [0.25, 0.3) is 11.5 Å². The molecule has 3 aromatic rings. The van der Waals surface area contributed by atoms with Crippen LogP contribution in [0.5, 0.6) is 0 Å². The molecule has 0 atom stereocenters. The molecule has 0 radical (unpaired) electrons. The summed E-state index contributed by atoms with van der Waals surface area (Å²) in [5, 5.41) is 17.4. The van der Waals surface area contributed by atoms with Crippen molar-refractivity contribution in [3.63, 3.8) is 0 Å². The first kappa shape index (κ1) is 22.4. The van der Waals surface area contributed by atoms with Gasteiger partial charge in [0.25, 0.3) is 5.22 Å². The average Bonchev–Trinajstić information content (AvgIpc) is 3.29. The molecule has 0 fully saturated rings. The van der Waals surface area contributed by atoms with Crippen molar-refractivity contribution in [1.82, 2.24) is 10.2 Å². The van der Waals surface area contributed by atoms with Gasteiger partial charge in [0.15, 0.2) is 0 Å². The Kier molecular flexibility index (Phi) is 8.07. The second-order valence-corrected chi connectivity index (χ2v) is 7.60. The fourth-order valence-corrected chi connectivity index (χ4v) is 3.80. The average molecular weight is 436 g/mol. The number of anilines is 2. The minimum atomic E-state index is -0.116. The van der Waals surface area contributed by atoms with Gasteiger partial charge in [-0.15, -0.1) is 10.2 Å². The SMILES string of the molecule is CCN(CC)c1ccc(-c2nnc(SCC(=O)N(CCC#N)c3ccccc3)o2)cc1. The zero-order valence-corrected chi connectivity index (χ0v) is 18.5. The summed E-state index contributed by atoms with van der Waals surface area (Å²) in [6, 6.07) is 19.4. The van der Waals surface area contributed by atoms with Gasteiger partial charge in [-0.25, -0.2) is 0 Å². The highest BCUT2D eigenvalue weighted by Gasteiger charge is 2.18. The molecule has 3 rings (SSSR count). The maximum absolute atomic E-state index is 12.8. The predicted molar refractivity (Wildman–Crippen MR) is 123 cm³/mol. The monoisotopic (exact) mass is 435 g/mol. The highest BCUT2D eigenvalue weighted by atomic mass is 32.2. The highest BCUT2D eigenvalue weighted by Crippen LogP contribution is 2.26. The van der Waals surface area contributed by atoms with E-state index in [1.165, 1.54) is 11.8 Å². The maximum atomic E-state index is 12.8. The number of nitrogens with zero attached hydrogens (tertiary/aromatic N) is 5. The van der Waals surface area contributed by atoms with E-state index >= 15 is 0 Å². The fourth-order valence-electron chi connectivity index (χ4n) is 3.16. The molecule has 0 saturated heterocycles. The molecular weight excluding hydrogens is 410 g/mol. The van der Waals surface area contributed by atoms with Crippen LogP contribution in [-0.4, -0.2) is 41.5 Å². The number of carbonyl (C=O) groups is 1. The van der Waals surface area contributed by atoms with Gasteiger partial charge in [-0.3, -0.25) is 4.79 Å². The summed E-state index contributed by atoms with van der Waals surface area (Å²) in [7, 11) is 0. The van der Waals surface area contributed by atoms with Crippen LogP contribution in [0.2, 0.25) is 0 Å². The van der Waals surface area contributed by atoms with Gasteiger partial charge >= 0.3 is 0 Å². The van der Waals surface area contributed by atoms with Crippen molar-refractivity contribution in [1.29, 1.82) is 5.26 Å². The number of carbonyl (C=O) groups excluding carboxylic acids is 1. The number of rotatable bonds is 10. The first-order valence-electron chi connectivity index (χ1n) is 10.2. The van der Waals surface area contributed by atoms with E-state index in [4.69, 9.17) is 9.68 Å². The molecule has 0 unspecified atom stereocenters. The van der Waals surface area contributed by atoms with E-state index in [0.717, 1.165) is 30.0 Å². The number of aromatic nitrogens is 2. The van der Waals surface area contributed by atoms with E-state index in [9.17, 15) is 4.79 Å². The maximum Gasteiger partial charge on any atom is 0.277 e. The Morgan fingerprint density at radius 1 is 1.03 bits per heavy atom. The van der Waals surface area contributed by atoms with Gasteiger partial charge in [-0.05, 0) is 50.2 Å². The van der Waals surface area contributed by atoms with E-state index in [2.05, 4.69) is 35.0 Å². The molecule has 0 saturated carbocycles. The number of hydrogen-bond acceptors (Lipinski definition) is 7. The van der Waals surface area contributed by atoms with E-state index < -0.39 is 0 Å². The molecule has 0 N–H and O–H groups in total. The fraction of sp³-hybridized carbons (Fsp3) is 0.304. The summed E-state index contributed by atoms with van der Waals surface area (Å²) in [6.07, 6.45) is 0.263. The Morgan fingerprint density at radius 2 is 1.74 bits per heavy atom. The lowest BCUT2D eigenvalue weighted by atomic mass is 10.2. The molecule has 2 aromatic carbocycles. The van der Waals surface area contributed by atoms with Crippen molar-refractivity contribution in [2.24, 2.45) is 0 Å². The number of para-hydroxylation sites is 1.